The van der Waals surface area contributed by atoms with Crippen LogP contribution in [-0.2, 0) is 9.59 Å². The first kappa shape index (κ1) is 14.7. The van der Waals surface area contributed by atoms with Gasteiger partial charge in [0.1, 0.15) is 12.1 Å². The smallest absolute Gasteiger partial charge is 0.265 e. The molecule has 0 radical (unpaired) electrons. The number of imide groups is 1. The van der Waals surface area contributed by atoms with Gasteiger partial charge in [0.25, 0.3) is 11.8 Å². The van der Waals surface area contributed by atoms with Crippen LogP contribution in [0.3, 0.4) is 0 Å². The summed E-state index contributed by atoms with van der Waals surface area (Å²) in [6, 6.07) is 1.67. The summed E-state index contributed by atoms with van der Waals surface area (Å²) in [5.41, 5.74) is -1.05. The largest absolute Gasteiger partial charge is 0.314 e. The molecule has 0 aliphatic carbocycles. The van der Waals surface area contributed by atoms with Crippen LogP contribution in [0.4, 0.5) is 0 Å². The number of carbonyl (C=O) groups is 3. The Kier molecular flexibility index (Phi) is 3.85. The van der Waals surface area contributed by atoms with Gasteiger partial charge in [-0.1, -0.05) is 0 Å². The molecule has 0 atom stereocenters. The van der Waals surface area contributed by atoms with E-state index in [1.54, 1.807) is 19.9 Å². The quantitative estimate of drug-likeness (QED) is 0.722. The second-order valence-electron chi connectivity index (χ2n) is 4.56. The third-order valence-corrected chi connectivity index (χ3v) is 6.13. The van der Waals surface area contributed by atoms with Crippen molar-refractivity contribution >= 4 is 60.9 Å². The third-order valence-electron chi connectivity index (χ3n) is 2.89. The molecule has 0 spiro atoms. The molecule has 8 heteroatoms. The summed E-state index contributed by atoms with van der Waals surface area (Å²) in [5, 5.41) is 2.24. The van der Waals surface area contributed by atoms with Crippen molar-refractivity contribution in [2.24, 2.45) is 0 Å². The summed E-state index contributed by atoms with van der Waals surface area (Å²) in [6.07, 6.45) is 0. The predicted molar refractivity (Wildman–Crippen MR) is 78.0 cm³/mol. The summed E-state index contributed by atoms with van der Waals surface area (Å²) in [6.45, 7) is 3.11. The molecule has 1 aromatic heterocycles. The van der Waals surface area contributed by atoms with Crippen molar-refractivity contribution in [3.8, 4) is 0 Å². The average Bonchev–Trinajstić information content (AvgIpc) is 2.64. The van der Waals surface area contributed by atoms with Gasteiger partial charge in [-0.25, -0.2) is 0 Å². The number of carbonyl (C=O) groups excluding carboxylic acids is 3. The minimum absolute atomic E-state index is 0.120. The van der Waals surface area contributed by atoms with Gasteiger partial charge in [-0.3, -0.25) is 19.7 Å². The van der Waals surface area contributed by atoms with E-state index < -0.39 is 17.4 Å². The molecule has 1 aliphatic heterocycles. The molecule has 1 N–H and O–H groups in total. The highest BCUT2D eigenvalue weighted by atomic mass is 79.9. The molecule has 2 rings (SSSR count). The molecule has 0 aromatic carbocycles. The minimum Gasteiger partial charge on any atom is -0.314 e. The molecular formula is C11H10Br2N2O3S. The Hall–Kier alpha value is -0.730. The van der Waals surface area contributed by atoms with Crippen molar-refractivity contribution < 1.29 is 14.4 Å². The lowest BCUT2D eigenvalue weighted by molar-refractivity contribution is -0.143. The van der Waals surface area contributed by atoms with Gasteiger partial charge >= 0.3 is 0 Å². The zero-order chi connectivity index (χ0) is 14.4. The van der Waals surface area contributed by atoms with Gasteiger partial charge in [0.15, 0.2) is 0 Å². The zero-order valence-corrected chi connectivity index (χ0v) is 14.1. The maximum atomic E-state index is 12.4. The number of nitrogens with one attached hydrogen (secondary N) is 1. The fraction of sp³-hybridized carbons (Fsp3) is 0.364. The van der Waals surface area contributed by atoms with E-state index >= 15 is 0 Å². The minimum atomic E-state index is -1.05. The molecule has 1 aliphatic rings. The van der Waals surface area contributed by atoms with E-state index in [0.717, 1.165) is 8.26 Å². The Bertz CT molecular complexity index is 563. The highest BCUT2D eigenvalue weighted by Crippen LogP contribution is 2.34. The summed E-state index contributed by atoms with van der Waals surface area (Å²) in [5.74, 6) is -1.26. The van der Waals surface area contributed by atoms with Crippen LogP contribution in [0.25, 0.3) is 0 Å². The molecule has 1 aromatic rings. The SMILES string of the molecule is CC1(C)C(=O)NC(=O)CN1C(=O)c1cc(Br)c(Br)s1. The first-order chi connectivity index (χ1) is 8.73. The lowest BCUT2D eigenvalue weighted by Gasteiger charge is -2.39. The van der Waals surface area contributed by atoms with Gasteiger partial charge in [0.05, 0.1) is 8.66 Å². The Labute approximate surface area is 130 Å². The standard InChI is InChI=1S/C11H10Br2N2O3S/c1-11(2)10(18)14-7(16)4-15(11)9(17)6-3-5(12)8(13)19-6/h3H,4H2,1-2H3,(H,14,16,18). The molecule has 0 unspecified atom stereocenters. The maximum Gasteiger partial charge on any atom is 0.265 e. The molecular weight excluding hydrogens is 400 g/mol. The number of nitrogens with zero attached hydrogens (tertiary/aromatic N) is 1. The van der Waals surface area contributed by atoms with Crippen LogP contribution < -0.4 is 5.32 Å². The Morgan fingerprint density at radius 1 is 1.42 bits per heavy atom. The van der Waals surface area contributed by atoms with Gasteiger partial charge < -0.3 is 4.90 Å². The highest BCUT2D eigenvalue weighted by molar-refractivity contribution is 9.13. The molecule has 5 nitrogen and oxygen atoms in total. The van der Waals surface area contributed by atoms with Gasteiger partial charge in [-0.05, 0) is 51.8 Å². The fourth-order valence-corrected chi connectivity index (χ4v) is 3.68. The summed E-state index contributed by atoms with van der Waals surface area (Å²) < 4.78 is 1.56. The average molecular weight is 410 g/mol. The van der Waals surface area contributed by atoms with Crippen molar-refractivity contribution in [2.45, 2.75) is 19.4 Å². The van der Waals surface area contributed by atoms with E-state index in [4.69, 9.17) is 0 Å². The molecule has 102 valence electrons. The van der Waals surface area contributed by atoms with Gasteiger partial charge in [-0.2, -0.15) is 0 Å². The lowest BCUT2D eigenvalue weighted by Crippen LogP contribution is -2.65. The van der Waals surface area contributed by atoms with Crippen LogP contribution in [0, 0.1) is 0 Å². The third kappa shape index (κ3) is 2.61. The number of amides is 3. The number of piperazine rings is 1. The first-order valence-corrected chi connectivity index (χ1v) is 7.75. The van der Waals surface area contributed by atoms with E-state index in [9.17, 15) is 14.4 Å². The monoisotopic (exact) mass is 408 g/mol. The maximum absolute atomic E-state index is 12.4. The normalized spacial score (nSPS) is 18.4. The number of hydrogen-bond donors (Lipinski definition) is 1. The Balaban J connectivity index is 2.36. The van der Waals surface area contributed by atoms with Gasteiger partial charge in [0.2, 0.25) is 5.91 Å². The number of rotatable bonds is 1. The van der Waals surface area contributed by atoms with Crippen molar-refractivity contribution in [1.82, 2.24) is 10.2 Å². The summed E-state index contributed by atoms with van der Waals surface area (Å²) in [7, 11) is 0. The van der Waals surface area contributed by atoms with Crippen molar-refractivity contribution in [3.05, 3.63) is 19.2 Å². The van der Waals surface area contributed by atoms with Gasteiger partial charge in [-0.15, -0.1) is 11.3 Å². The summed E-state index contributed by atoms with van der Waals surface area (Å²) >= 11 is 7.88. The van der Waals surface area contributed by atoms with E-state index in [0.29, 0.717) is 4.88 Å². The van der Waals surface area contributed by atoms with E-state index in [-0.39, 0.29) is 12.5 Å². The predicted octanol–water partition coefficient (Wildman–Crippen LogP) is 2.15. The molecule has 2 heterocycles. The van der Waals surface area contributed by atoms with Crippen LogP contribution in [0.1, 0.15) is 23.5 Å². The highest BCUT2D eigenvalue weighted by Gasteiger charge is 2.44. The number of halogens is 2. The van der Waals surface area contributed by atoms with E-state index in [1.807, 2.05) is 0 Å². The van der Waals surface area contributed by atoms with Crippen LogP contribution in [0.5, 0.6) is 0 Å². The summed E-state index contributed by atoms with van der Waals surface area (Å²) in [4.78, 5) is 37.4. The first-order valence-electron chi connectivity index (χ1n) is 5.34. The Morgan fingerprint density at radius 2 is 2.05 bits per heavy atom. The molecule has 0 saturated carbocycles. The molecule has 1 fully saturated rings. The van der Waals surface area contributed by atoms with Crippen molar-refractivity contribution in [3.63, 3.8) is 0 Å². The molecule has 0 bridgehead atoms. The zero-order valence-electron chi connectivity index (χ0n) is 10.1. The fourth-order valence-electron chi connectivity index (χ4n) is 1.69. The second-order valence-corrected chi connectivity index (χ2v) is 7.78. The molecule has 1 saturated heterocycles. The van der Waals surface area contributed by atoms with Crippen LogP contribution >= 0.6 is 43.2 Å². The van der Waals surface area contributed by atoms with E-state index in [2.05, 4.69) is 37.2 Å². The molecule has 3 amide bonds. The topological polar surface area (TPSA) is 66.5 Å². The van der Waals surface area contributed by atoms with Crippen molar-refractivity contribution in [1.29, 1.82) is 0 Å². The number of thiophene rings is 1. The van der Waals surface area contributed by atoms with Crippen molar-refractivity contribution in [2.75, 3.05) is 6.54 Å². The second kappa shape index (κ2) is 4.99. The van der Waals surface area contributed by atoms with Gasteiger partial charge in [0, 0.05) is 4.47 Å². The molecule has 19 heavy (non-hydrogen) atoms. The lowest BCUT2D eigenvalue weighted by atomic mass is 9.98. The van der Waals surface area contributed by atoms with E-state index in [1.165, 1.54) is 16.2 Å². The van der Waals surface area contributed by atoms with Crippen LogP contribution in [0.15, 0.2) is 14.3 Å². The number of hydrogen-bond acceptors (Lipinski definition) is 4. The van der Waals surface area contributed by atoms with Crippen LogP contribution in [0.2, 0.25) is 0 Å². The Morgan fingerprint density at radius 3 is 2.58 bits per heavy atom. The van der Waals surface area contributed by atoms with Crippen LogP contribution in [-0.4, -0.2) is 34.7 Å².